The smallest absolute Gasteiger partial charge is 0.251 e. The Hall–Kier alpha value is -2.91. The van der Waals surface area contributed by atoms with Crippen LogP contribution in [0.5, 0.6) is 5.75 Å². The van der Waals surface area contributed by atoms with Crippen LogP contribution in [0.1, 0.15) is 29.1 Å². The van der Waals surface area contributed by atoms with E-state index in [9.17, 15) is 13.2 Å². The summed E-state index contributed by atoms with van der Waals surface area (Å²) in [6.45, 7) is 1.80. The molecule has 1 atom stereocenters. The maximum Gasteiger partial charge on any atom is 0.251 e. The van der Waals surface area contributed by atoms with E-state index in [4.69, 9.17) is 4.74 Å². The summed E-state index contributed by atoms with van der Waals surface area (Å²) in [5.41, 5.74) is 1.88. The second kappa shape index (κ2) is 7.37. The standard InChI is InChI=1S/C18H20N4O4S/c1-11(17-21-13-6-4-5-7-14(13)22-17)20-18(23)12-8-9-15(26-3)16(10-12)27(24,25)19-2/h4-11,19H,1-3H3,(H,20,23)(H,21,22)/t11-/m0/s1. The molecule has 0 aliphatic heterocycles. The number of amides is 1. The summed E-state index contributed by atoms with van der Waals surface area (Å²) in [6, 6.07) is 11.4. The van der Waals surface area contributed by atoms with Crippen molar-refractivity contribution in [2.75, 3.05) is 14.2 Å². The minimum Gasteiger partial charge on any atom is -0.495 e. The Morgan fingerprint density at radius 2 is 1.96 bits per heavy atom. The van der Waals surface area contributed by atoms with Crippen LogP contribution >= 0.6 is 0 Å². The van der Waals surface area contributed by atoms with Gasteiger partial charge in [-0.3, -0.25) is 4.79 Å². The molecule has 0 aliphatic carbocycles. The Morgan fingerprint density at radius 3 is 2.63 bits per heavy atom. The van der Waals surface area contributed by atoms with Crippen LogP contribution in [-0.2, 0) is 10.0 Å². The number of hydrogen-bond acceptors (Lipinski definition) is 5. The highest BCUT2D eigenvalue weighted by atomic mass is 32.2. The Labute approximate surface area is 157 Å². The lowest BCUT2D eigenvalue weighted by atomic mass is 10.2. The number of methoxy groups -OCH3 is 1. The number of fused-ring (bicyclic) bond motifs is 1. The van der Waals surface area contributed by atoms with Gasteiger partial charge in [-0.05, 0) is 44.3 Å². The lowest BCUT2D eigenvalue weighted by Crippen LogP contribution is -2.28. The lowest BCUT2D eigenvalue weighted by Gasteiger charge is -2.14. The number of nitrogens with zero attached hydrogens (tertiary/aromatic N) is 1. The molecule has 1 amide bonds. The molecule has 0 aliphatic rings. The van der Waals surface area contributed by atoms with Gasteiger partial charge in [0, 0.05) is 5.56 Å². The van der Waals surface area contributed by atoms with E-state index in [0.717, 1.165) is 11.0 Å². The molecule has 1 heterocycles. The van der Waals surface area contributed by atoms with E-state index in [-0.39, 0.29) is 16.2 Å². The number of sulfonamides is 1. The number of nitrogens with one attached hydrogen (secondary N) is 3. The number of H-pyrrole nitrogens is 1. The fourth-order valence-electron chi connectivity index (χ4n) is 2.66. The molecule has 2 aromatic carbocycles. The molecule has 0 bridgehead atoms. The fraction of sp³-hybridized carbons (Fsp3) is 0.222. The molecule has 3 N–H and O–H groups in total. The number of rotatable bonds is 6. The molecular weight excluding hydrogens is 368 g/mol. The molecule has 8 nitrogen and oxygen atoms in total. The van der Waals surface area contributed by atoms with E-state index in [0.29, 0.717) is 5.82 Å². The van der Waals surface area contributed by atoms with Crippen molar-refractivity contribution in [3.8, 4) is 5.75 Å². The number of ether oxygens (including phenoxy) is 1. The molecule has 3 rings (SSSR count). The summed E-state index contributed by atoms with van der Waals surface area (Å²) >= 11 is 0. The maximum atomic E-state index is 12.6. The number of hydrogen-bond donors (Lipinski definition) is 3. The number of aromatic nitrogens is 2. The number of carbonyl (C=O) groups excluding carboxylic acids is 1. The van der Waals surface area contributed by atoms with Crippen molar-refractivity contribution in [3.63, 3.8) is 0 Å². The first-order chi connectivity index (χ1) is 12.9. The van der Waals surface area contributed by atoms with E-state index >= 15 is 0 Å². The van der Waals surface area contributed by atoms with Crippen molar-refractivity contribution in [3.05, 3.63) is 53.9 Å². The third-order valence-corrected chi connectivity index (χ3v) is 5.59. The molecule has 0 spiro atoms. The Bertz CT molecular complexity index is 1060. The van der Waals surface area contributed by atoms with Gasteiger partial charge in [0.05, 0.1) is 24.2 Å². The van der Waals surface area contributed by atoms with Gasteiger partial charge in [0.2, 0.25) is 10.0 Å². The van der Waals surface area contributed by atoms with Crippen LogP contribution in [0.15, 0.2) is 47.4 Å². The van der Waals surface area contributed by atoms with Gasteiger partial charge in [0.25, 0.3) is 5.91 Å². The first-order valence-electron chi connectivity index (χ1n) is 8.23. The van der Waals surface area contributed by atoms with Gasteiger partial charge < -0.3 is 15.0 Å². The number of para-hydroxylation sites is 2. The average molecular weight is 388 g/mol. The van der Waals surface area contributed by atoms with Crippen molar-refractivity contribution in [1.82, 2.24) is 20.0 Å². The highest BCUT2D eigenvalue weighted by Gasteiger charge is 2.21. The second-order valence-corrected chi connectivity index (χ2v) is 7.76. The van der Waals surface area contributed by atoms with Crippen molar-refractivity contribution in [1.29, 1.82) is 0 Å². The molecule has 0 fully saturated rings. The van der Waals surface area contributed by atoms with Crippen LogP contribution in [0.4, 0.5) is 0 Å². The van der Waals surface area contributed by atoms with Gasteiger partial charge in [-0.1, -0.05) is 12.1 Å². The van der Waals surface area contributed by atoms with Crippen molar-refractivity contribution in [2.45, 2.75) is 17.9 Å². The van der Waals surface area contributed by atoms with E-state index in [1.165, 1.54) is 32.4 Å². The Kier molecular flexibility index (Phi) is 5.15. The average Bonchev–Trinajstić information content (AvgIpc) is 3.11. The largest absolute Gasteiger partial charge is 0.495 e. The number of carbonyl (C=O) groups is 1. The lowest BCUT2D eigenvalue weighted by molar-refractivity contribution is 0.0938. The quantitative estimate of drug-likeness (QED) is 0.597. The summed E-state index contributed by atoms with van der Waals surface area (Å²) in [5.74, 6) is 0.352. The molecule has 1 aromatic heterocycles. The van der Waals surface area contributed by atoms with E-state index in [1.54, 1.807) is 6.92 Å². The van der Waals surface area contributed by atoms with Crippen LogP contribution < -0.4 is 14.8 Å². The van der Waals surface area contributed by atoms with Gasteiger partial charge >= 0.3 is 0 Å². The molecule has 0 unspecified atom stereocenters. The predicted octanol–water partition coefficient (Wildman–Crippen LogP) is 1.97. The number of benzene rings is 2. The molecule has 3 aromatic rings. The molecule has 0 saturated carbocycles. The van der Waals surface area contributed by atoms with Gasteiger partial charge in [-0.15, -0.1) is 0 Å². The van der Waals surface area contributed by atoms with Gasteiger partial charge in [-0.2, -0.15) is 0 Å². The maximum absolute atomic E-state index is 12.6. The Balaban J connectivity index is 1.86. The highest BCUT2D eigenvalue weighted by molar-refractivity contribution is 7.89. The van der Waals surface area contributed by atoms with Gasteiger partial charge in [-0.25, -0.2) is 18.1 Å². The molecule has 27 heavy (non-hydrogen) atoms. The monoisotopic (exact) mass is 388 g/mol. The van der Waals surface area contributed by atoms with Crippen molar-refractivity contribution < 1.29 is 17.9 Å². The summed E-state index contributed by atoms with van der Waals surface area (Å²) in [4.78, 5) is 20.1. The number of aromatic amines is 1. The predicted molar refractivity (Wildman–Crippen MR) is 101 cm³/mol. The third kappa shape index (κ3) is 3.79. The van der Waals surface area contributed by atoms with Crippen LogP contribution in [-0.4, -0.2) is 38.5 Å². The normalized spacial score (nSPS) is 12.7. The highest BCUT2D eigenvalue weighted by Crippen LogP contribution is 2.25. The SMILES string of the molecule is CNS(=O)(=O)c1cc(C(=O)N[C@@H](C)c2nc3ccccc3[nH]2)ccc1OC. The first kappa shape index (κ1) is 18.9. The molecule has 0 radical (unpaired) electrons. The van der Waals surface area contributed by atoms with Crippen LogP contribution in [0.3, 0.4) is 0 Å². The zero-order chi connectivity index (χ0) is 19.6. The molecule has 9 heteroatoms. The van der Waals surface area contributed by atoms with Crippen LogP contribution in [0.25, 0.3) is 11.0 Å². The summed E-state index contributed by atoms with van der Waals surface area (Å²) in [6.07, 6.45) is 0. The number of imidazole rings is 1. The minimum absolute atomic E-state index is 0.100. The molecular formula is C18H20N4O4S. The van der Waals surface area contributed by atoms with Crippen molar-refractivity contribution in [2.24, 2.45) is 0 Å². The van der Waals surface area contributed by atoms with E-state index in [2.05, 4.69) is 20.0 Å². The zero-order valence-electron chi connectivity index (χ0n) is 15.1. The summed E-state index contributed by atoms with van der Waals surface area (Å²) in [7, 11) is -1.10. The topological polar surface area (TPSA) is 113 Å². The van der Waals surface area contributed by atoms with Crippen molar-refractivity contribution >= 4 is 27.0 Å². The third-order valence-electron chi connectivity index (χ3n) is 4.15. The van der Waals surface area contributed by atoms with Crippen LogP contribution in [0.2, 0.25) is 0 Å². The van der Waals surface area contributed by atoms with E-state index < -0.39 is 22.0 Å². The minimum atomic E-state index is -3.77. The van der Waals surface area contributed by atoms with E-state index in [1.807, 2.05) is 24.3 Å². The summed E-state index contributed by atoms with van der Waals surface area (Å²) in [5, 5.41) is 2.82. The van der Waals surface area contributed by atoms with Crippen LogP contribution in [0, 0.1) is 0 Å². The fourth-order valence-corrected chi connectivity index (χ4v) is 3.58. The van der Waals surface area contributed by atoms with Gasteiger partial charge in [0.15, 0.2) is 0 Å². The first-order valence-corrected chi connectivity index (χ1v) is 9.71. The Morgan fingerprint density at radius 1 is 1.22 bits per heavy atom. The molecule has 142 valence electrons. The van der Waals surface area contributed by atoms with Gasteiger partial charge in [0.1, 0.15) is 16.5 Å². The molecule has 0 saturated heterocycles. The zero-order valence-corrected chi connectivity index (χ0v) is 15.9. The summed E-state index contributed by atoms with van der Waals surface area (Å²) < 4.78 is 31.6. The second-order valence-electron chi connectivity index (χ2n) is 5.91.